The molecular formula is C17H17N5O2. The van der Waals surface area contributed by atoms with Gasteiger partial charge in [-0.15, -0.1) is 0 Å². The highest BCUT2D eigenvalue weighted by atomic mass is 16.5. The van der Waals surface area contributed by atoms with Gasteiger partial charge in [0.1, 0.15) is 11.1 Å². The van der Waals surface area contributed by atoms with Crippen LogP contribution in [0.2, 0.25) is 0 Å². The number of aromatic nitrogens is 3. The molecule has 2 aromatic heterocycles. The van der Waals surface area contributed by atoms with E-state index < -0.39 is 5.97 Å². The van der Waals surface area contributed by atoms with Crippen molar-refractivity contribution in [3.05, 3.63) is 65.0 Å². The van der Waals surface area contributed by atoms with E-state index in [2.05, 4.69) is 10.1 Å². The van der Waals surface area contributed by atoms with E-state index in [1.807, 2.05) is 37.3 Å². The van der Waals surface area contributed by atoms with Crippen LogP contribution in [-0.4, -0.2) is 32.9 Å². The zero-order valence-electron chi connectivity index (χ0n) is 13.4. The molecule has 3 rings (SSSR count). The first-order chi connectivity index (χ1) is 11.6. The monoisotopic (exact) mass is 323 g/mol. The lowest BCUT2D eigenvalue weighted by molar-refractivity contribution is 0.0523. The number of hydrogen-bond acceptors (Lipinski definition) is 5. The van der Waals surface area contributed by atoms with Crippen LogP contribution in [0.15, 0.2) is 47.8 Å². The molecule has 0 bridgehead atoms. The molecule has 0 saturated carbocycles. The van der Waals surface area contributed by atoms with Gasteiger partial charge in [0.2, 0.25) is 5.78 Å². The van der Waals surface area contributed by atoms with E-state index in [1.54, 1.807) is 28.4 Å². The number of nitrogens with zero attached hydrogens (tertiary/aromatic N) is 4. The molecule has 0 aliphatic rings. The van der Waals surface area contributed by atoms with Crippen LogP contribution in [0.5, 0.6) is 0 Å². The normalized spacial score (nSPS) is 11.2. The molecule has 1 aromatic carbocycles. The van der Waals surface area contributed by atoms with Gasteiger partial charge < -0.3 is 4.74 Å². The number of nitrogens with one attached hydrogen (secondary N) is 1. The first-order valence-electron chi connectivity index (χ1n) is 7.52. The lowest BCUT2D eigenvalue weighted by Crippen LogP contribution is -2.25. The second-order valence-electron chi connectivity index (χ2n) is 5.15. The summed E-state index contributed by atoms with van der Waals surface area (Å²) in [7, 11) is 0. The minimum absolute atomic E-state index is 0.0320. The van der Waals surface area contributed by atoms with E-state index in [9.17, 15) is 4.79 Å². The highest BCUT2D eigenvalue weighted by Gasteiger charge is 2.15. The molecule has 0 aliphatic carbocycles. The summed E-state index contributed by atoms with van der Waals surface area (Å²) in [6, 6.07) is 9.68. The third kappa shape index (κ3) is 2.83. The highest BCUT2D eigenvalue weighted by Crippen LogP contribution is 2.07. The van der Waals surface area contributed by atoms with Gasteiger partial charge in [0, 0.05) is 11.9 Å². The fourth-order valence-electron chi connectivity index (χ4n) is 2.36. The molecular weight excluding hydrogens is 306 g/mol. The molecule has 0 radical (unpaired) electrons. The predicted octanol–water partition coefficient (Wildman–Crippen LogP) is 1.98. The minimum atomic E-state index is -0.552. The van der Waals surface area contributed by atoms with Crippen molar-refractivity contribution in [1.29, 1.82) is 5.41 Å². The lowest BCUT2D eigenvalue weighted by Gasteiger charge is -2.04. The fraction of sp³-hybridized carbons (Fsp3) is 0.176. The first-order valence-corrected chi connectivity index (χ1v) is 7.52. The smallest absolute Gasteiger partial charge is 0.343 e. The minimum Gasteiger partial charge on any atom is -0.462 e. The molecule has 7 nitrogen and oxygen atoms in total. The van der Waals surface area contributed by atoms with Gasteiger partial charge >= 0.3 is 5.97 Å². The summed E-state index contributed by atoms with van der Waals surface area (Å²) < 4.78 is 8.10. The summed E-state index contributed by atoms with van der Waals surface area (Å²) in [5.41, 5.74) is 1.86. The number of hydrogen-bond donors (Lipinski definition) is 1. The molecule has 24 heavy (non-hydrogen) atoms. The van der Waals surface area contributed by atoms with Gasteiger partial charge in [-0.1, -0.05) is 30.3 Å². The Hall–Kier alpha value is -3.22. The van der Waals surface area contributed by atoms with Crippen LogP contribution in [0.3, 0.4) is 0 Å². The number of imidazole rings is 1. The van der Waals surface area contributed by atoms with Crippen LogP contribution in [0.4, 0.5) is 0 Å². The summed E-state index contributed by atoms with van der Waals surface area (Å²) in [6.07, 6.45) is 4.82. The van der Waals surface area contributed by atoms with Crippen molar-refractivity contribution in [2.45, 2.75) is 13.8 Å². The Morgan fingerprint density at radius 2 is 2.12 bits per heavy atom. The molecule has 3 aromatic rings. The zero-order chi connectivity index (χ0) is 17.1. The average molecular weight is 323 g/mol. The van der Waals surface area contributed by atoms with E-state index in [0.29, 0.717) is 5.78 Å². The Labute approximate surface area is 138 Å². The van der Waals surface area contributed by atoms with E-state index in [1.165, 1.54) is 6.20 Å². The maximum atomic E-state index is 11.9. The molecule has 1 N–H and O–H groups in total. The van der Waals surface area contributed by atoms with Crippen molar-refractivity contribution >= 4 is 18.0 Å². The SMILES string of the molecule is CCOC(=O)c1cnc2n(/N=C/c3ccccc3)cc(C)n2c1=N. The zero-order valence-corrected chi connectivity index (χ0v) is 13.4. The first kappa shape index (κ1) is 15.7. The summed E-state index contributed by atoms with van der Waals surface area (Å²) in [6.45, 7) is 3.80. The van der Waals surface area contributed by atoms with Crippen LogP contribution in [0, 0.1) is 12.3 Å². The number of carbonyl (C=O) groups excluding carboxylic acids is 1. The van der Waals surface area contributed by atoms with Gasteiger partial charge in [0.15, 0.2) is 0 Å². The Morgan fingerprint density at radius 1 is 1.38 bits per heavy atom. The molecule has 0 atom stereocenters. The number of benzene rings is 1. The molecule has 7 heteroatoms. The highest BCUT2D eigenvalue weighted by molar-refractivity contribution is 5.88. The van der Waals surface area contributed by atoms with Gasteiger partial charge in [-0.25, -0.2) is 14.5 Å². The largest absolute Gasteiger partial charge is 0.462 e. The third-order valence-corrected chi connectivity index (χ3v) is 3.48. The van der Waals surface area contributed by atoms with E-state index >= 15 is 0 Å². The average Bonchev–Trinajstić information content (AvgIpc) is 2.91. The Morgan fingerprint density at radius 3 is 2.83 bits per heavy atom. The molecule has 0 spiro atoms. The molecule has 0 amide bonds. The predicted molar refractivity (Wildman–Crippen MR) is 89.2 cm³/mol. The molecule has 0 saturated heterocycles. The maximum Gasteiger partial charge on any atom is 0.343 e. The molecule has 0 aliphatic heterocycles. The lowest BCUT2D eigenvalue weighted by atomic mass is 10.2. The Kier molecular flexibility index (Phi) is 4.24. The van der Waals surface area contributed by atoms with Crippen molar-refractivity contribution in [3.63, 3.8) is 0 Å². The van der Waals surface area contributed by atoms with Gasteiger partial charge in [-0.2, -0.15) is 5.10 Å². The van der Waals surface area contributed by atoms with Crippen molar-refractivity contribution in [1.82, 2.24) is 14.1 Å². The fourth-order valence-corrected chi connectivity index (χ4v) is 2.36. The summed E-state index contributed by atoms with van der Waals surface area (Å²) in [5.74, 6) is -0.0953. The van der Waals surface area contributed by atoms with Crippen molar-refractivity contribution in [2.75, 3.05) is 6.61 Å². The van der Waals surface area contributed by atoms with Gasteiger partial charge in [0.05, 0.1) is 19.0 Å². The Balaban J connectivity index is 2.06. The van der Waals surface area contributed by atoms with Gasteiger partial charge in [-0.05, 0) is 19.4 Å². The van der Waals surface area contributed by atoms with E-state index in [-0.39, 0.29) is 17.7 Å². The van der Waals surface area contributed by atoms with Crippen LogP contribution >= 0.6 is 0 Å². The summed E-state index contributed by atoms with van der Waals surface area (Å²) >= 11 is 0. The number of esters is 1. The van der Waals surface area contributed by atoms with Gasteiger partial charge in [0.25, 0.3) is 0 Å². The molecule has 0 unspecified atom stereocenters. The Bertz CT molecular complexity index is 970. The number of rotatable bonds is 4. The van der Waals surface area contributed by atoms with Crippen LogP contribution in [0.25, 0.3) is 5.78 Å². The van der Waals surface area contributed by atoms with E-state index in [0.717, 1.165) is 11.3 Å². The number of ether oxygens (including phenoxy) is 1. The van der Waals surface area contributed by atoms with Crippen molar-refractivity contribution in [2.24, 2.45) is 5.10 Å². The summed E-state index contributed by atoms with van der Waals surface area (Å²) in [4.78, 5) is 16.2. The molecule has 0 fully saturated rings. The second-order valence-corrected chi connectivity index (χ2v) is 5.15. The van der Waals surface area contributed by atoms with Gasteiger partial charge in [-0.3, -0.25) is 9.81 Å². The van der Waals surface area contributed by atoms with Crippen molar-refractivity contribution < 1.29 is 9.53 Å². The van der Waals surface area contributed by atoms with E-state index in [4.69, 9.17) is 10.1 Å². The molecule has 122 valence electrons. The van der Waals surface area contributed by atoms with Crippen LogP contribution in [-0.2, 0) is 4.74 Å². The maximum absolute atomic E-state index is 11.9. The number of fused-ring (bicyclic) bond motifs is 1. The number of aryl methyl sites for hydroxylation is 1. The second kappa shape index (κ2) is 6.49. The van der Waals surface area contributed by atoms with Crippen LogP contribution < -0.4 is 5.49 Å². The topological polar surface area (TPSA) is 84.7 Å². The third-order valence-electron chi connectivity index (χ3n) is 3.48. The molecule has 2 heterocycles. The quantitative estimate of drug-likeness (QED) is 0.588. The number of carbonyl (C=O) groups is 1. The van der Waals surface area contributed by atoms with Crippen molar-refractivity contribution in [3.8, 4) is 0 Å². The summed E-state index contributed by atoms with van der Waals surface area (Å²) in [5, 5.41) is 12.6. The standard InChI is InChI=1S/C17H17N5O2/c1-3-24-16(23)14-10-19-17-21(11-12(2)22(17)15(14)18)20-9-13-7-5-4-6-8-13/h4-11,18H,3H2,1-2H3/b18-15?,20-9+. The van der Waals surface area contributed by atoms with Crippen LogP contribution in [0.1, 0.15) is 28.5 Å².